The van der Waals surface area contributed by atoms with Crippen molar-refractivity contribution in [2.75, 3.05) is 0 Å². The van der Waals surface area contributed by atoms with E-state index in [9.17, 15) is 14.4 Å². The van der Waals surface area contributed by atoms with Gasteiger partial charge >= 0.3 is 5.97 Å². The van der Waals surface area contributed by atoms with Gasteiger partial charge in [-0.2, -0.15) is 0 Å². The van der Waals surface area contributed by atoms with Crippen LogP contribution in [0.3, 0.4) is 0 Å². The number of carbonyl (C=O) groups is 3. The van der Waals surface area contributed by atoms with Gasteiger partial charge in [-0.1, -0.05) is 24.4 Å². The van der Waals surface area contributed by atoms with E-state index < -0.39 is 0 Å². The number of ether oxygens (including phenoxy) is 1. The van der Waals surface area contributed by atoms with Gasteiger partial charge < -0.3 is 4.74 Å². The van der Waals surface area contributed by atoms with Crippen LogP contribution in [0.5, 0.6) is 5.75 Å². The molecule has 1 saturated heterocycles. The zero-order valence-corrected chi connectivity index (χ0v) is 16.0. The van der Waals surface area contributed by atoms with Gasteiger partial charge in [0.15, 0.2) is 0 Å². The lowest BCUT2D eigenvalue weighted by Crippen LogP contribution is -2.43. The summed E-state index contributed by atoms with van der Waals surface area (Å²) in [4.78, 5) is 39.4. The number of imide groups is 1. The maximum absolute atomic E-state index is 12.7. The number of esters is 1. The Morgan fingerprint density at radius 2 is 1.44 bits per heavy atom. The molecule has 5 nitrogen and oxygen atoms in total. The zero-order valence-electron chi connectivity index (χ0n) is 15.2. The summed E-state index contributed by atoms with van der Waals surface area (Å²) in [7, 11) is 0. The van der Waals surface area contributed by atoms with E-state index in [1.807, 2.05) is 0 Å². The molecule has 0 bridgehead atoms. The second kappa shape index (κ2) is 7.63. The van der Waals surface area contributed by atoms with Crippen LogP contribution in [-0.2, 0) is 14.4 Å². The Hall–Kier alpha value is -1.88. The van der Waals surface area contributed by atoms with Crippen molar-refractivity contribution in [1.29, 1.82) is 0 Å². The smallest absolute Gasteiger partial charge is 0.314 e. The molecule has 4 rings (SSSR count). The molecule has 1 heterocycles. The Bertz CT molecular complexity index is 715. The number of hydrogen-bond donors (Lipinski definition) is 0. The maximum Gasteiger partial charge on any atom is 0.314 e. The molecule has 3 fully saturated rings. The highest BCUT2D eigenvalue weighted by Gasteiger charge is 2.50. The number of fused-ring (bicyclic) bond motifs is 1. The van der Waals surface area contributed by atoms with E-state index >= 15 is 0 Å². The van der Waals surface area contributed by atoms with E-state index in [0.29, 0.717) is 36.5 Å². The quantitative estimate of drug-likeness (QED) is 0.445. The molecule has 0 N–H and O–H groups in total. The standard InChI is InChI=1S/C21H24ClNO4/c22-14-7-11-16(12-8-14)27-21(26)13-5-9-15(10-6-13)23-19(24)17-3-1-2-4-18(17)20(23)25/h7-8,11-13,15,17-18H,1-6,9-10H2. The molecule has 3 aliphatic rings. The fraction of sp³-hybridized carbons (Fsp3) is 0.571. The summed E-state index contributed by atoms with van der Waals surface area (Å²) < 4.78 is 5.44. The van der Waals surface area contributed by atoms with Crippen molar-refractivity contribution >= 4 is 29.4 Å². The summed E-state index contributed by atoms with van der Waals surface area (Å²) in [6.45, 7) is 0. The molecule has 1 aromatic rings. The first-order valence-corrected chi connectivity index (χ1v) is 10.3. The van der Waals surface area contributed by atoms with E-state index in [4.69, 9.17) is 16.3 Å². The second-order valence-corrected chi connectivity index (χ2v) is 8.36. The zero-order chi connectivity index (χ0) is 19.0. The first-order chi connectivity index (χ1) is 13.0. The van der Waals surface area contributed by atoms with Crippen LogP contribution in [-0.4, -0.2) is 28.7 Å². The van der Waals surface area contributed by atoms with Gasteiger partial charge in [0.2, 0.25) is 11.8 Å². The Morgan fingerprint density at radius 1 is 0.889 bits per heavy atom. The fourth-order valence-corrected chi connectivity index (χ4v) is 4.95. The largest absolute Gasteiger partial charge is 0.426 e. The van der Waals surface area contributed by atoms with Crippen molar-refractivity contribution in [2.24, 2.45) is 17.8 Å². The molecule has 0 aromatic heterocycles. The minimum atomic E-state index is -0.247. The lowest BCUT2D eigenvalue weighted by molar-refractivity contribution is -0.144. The van der Waals surface area contributed by atoms with Crippen molar-refractivity contribution in [1.82, 2.24) is 4.90 Å². The third-order valence-corrected chi connectivity index (χ3v) is 6.55. The van der Waals surface area contributed by atoms with Gasteiger partial charge in [-0.3, -0.25) is 19.3 Å². The molecule has 2 atom stereocenters. The number of halogens is 1. The van der Waals surface area contributed by atoms with Gasteiger partial charge in [-0.15, -0.1) is 0 Å². The maximum atomic E-state index is 12.7. The van der Waals surface area contributed by atoms with Crippen LogP contribution >= 0.6 is 11.6 Å². The van der Waals surface area contributed by atoms with E-state index in [1.165, 1.54) is 0 Å². The Labute approximate surface area is 164 Å². The summed E-state index contributed by atoms with van der Waals surface area (Å²) in [6, 6.07) is 6.66. The monoisotopic (exact) mass is 389 g/mol. The predicted molar refractivity (Wildman–Crippen MR) is 100 cm³/mol. The average Bonchev–Trinajstić information content (AvgIpc) is 2.95. The number of likely N-dealkylation sites (tertiary alicyclic amines) is 1. The molecule has 0 spiro atoms. The number of nitrogens with zero attached hydrogens (tertiary/aromatic N) is 1. The first kappa shape index (κ1) is 18.5. The summed E-state index contributed by atoms with van der Waals surface area (Å²) >= 11 is 5.84. The normalized spacial score (nSPS) is 30.9. The highest BCUT2D eigenvalue weighted by Crippen LogP contribution is 2.41. The van der Waals surface area contributed by atoms with E-state index in [1.54, 1.807) is 29.2 Å². The van der Waals surface area contributed by atoms with Crippen molar-refractivity contribution in [3.8, 4) is 5.75 Å². The van der Waals surface area contributed by atoms with E-state index in [2.05, 4.69) is 0 Å². The SMILES string of the molecule is O=C(Oc1ccc(Cl)cc1)C1CCC(N2C(=O)C3CCCCC3C2=O)CC1. The number of carbonyl (C=O) groups excluding carboxylic acids is 3. The van der Waals surface area contributed by atoms with Crippen LogP contribution in [0.4, 0.5) is 0 Å². The third-order valence-electron chi connectivity index (χ3n) is 6.30. The van der Waals surface area contributed by atoms with Crippen LogP contribution < -0.4 is 4.74 Å². The van der Waals surface area contributed by atoms with Gasteiger partial charge in [0.05, 0.1) is 17.8 Å². The highest BCUT2D eigenvalue weighted by atomic mass is 35.5. The molecule has 2 unspecified atom stereocenters. The Kier molecular flexibility index (Phi) is 5.22. The molecule has 2 aliphatic carbocycles. The van der Waals surface area contributed by atoms with Gasteiger partial charge in [0, 0.05) is 11.1 Å². The Balaban J connectivity index is 1.34. The first-order valence-electron chi connectivity index (χ1n) is 9.89. The Morgan fingerprint density at radius 3 is 2.00 bits per heavy atom. The molecule has 144 valence electrons. The van der Waals surface area contributed by atoms with E-state index in [0.717, 1.165) is 25.7 Å². The van der Waals surface area contributed by atoms with Crippen molar-refractivity contribution in [2.45, 2.75) is 57.4 Å². The van der Waals surface area contributed by atoms with Crippen LogP contribution in [0.1, 0.15) is 51.4 Å². The summed E-state index contributed by atoms with van der Waals surface area (Å²) in [5.41, 5.74) is 0. The predicted octanol–water partition coefficient (Wildman–Crippen LogP) is 3.98. The summed E-state index contributed by atoms with van der Waals surface area (Å²) in [5, 5.41) is 0.593. The molecule has 6 heteroatoms. The lowest BCUT2D eigenvalue weighted by Gasteiger charge is -2.32. The fourth-order valence-electron chi connectivity index (χ4n) is 4.82. The minimum absolute atomic E-state index is 0.0249. The van der Waals surface area contributed by atoms with Crippen molar-refractivity contribution < 1.29 is 19.1 Å². The van der Waals surface area contributed by atoms with Crippen LogP contribution in [0.25, 0.3) is 0 Å². The topological polar surface area (TPSA) is 63.7 Å². The molecule has 27 heavy (non-hydrogen) atoms. The highest BCUT2D eigenvalue weighted by molar-refractivity contribution is 6.30. The summed E-state index contributed by atoms with van der Waals surface area (Å²) in [6.07, 6.45) is 6.40. The average molecular weight is 390 g/mol. The number of hydrogen-bond acceptors (Lipinski definition) is 4. The molecular formula is C21H24ClNO4. The molecule has 0 radical (unpaired) electrons. The van der Waals surface area contributed by atoms with Gasteiger partial charge in [0.25, 0.3) is 0 Å². The number of rotatable bonds is 3. The van der Waals surface area contributed by atoms with Crippen LogP contribution in [0.2, 0.25) is 5.02 Å². The second-order valence-electron chi connectivity index (χ2n) is 7.92. The lowest BCUT2D eigenvalue weighted by atomic mass is 9.81. The van der Waals surface area contributed by atoms with E-state index in [-0.39, 0.29) is 41.6 Å². The van der Waals surface area contributed by atoms with Gasteiger partial charge in [0.1, 0.15) is 5.75 Å². The summed E-state index contributed by atoms with van der Waals surface area (Å²) in [5.74, 6) is -0.0949. The van der Waals surface area contributed by atoms with Gasteiger partial charge in [-0.25, -0.2) is 0 Å². The molecule has 2 saturated carbocycles. The van der Waals surface area contributed by atoms with Crippen molar-refractivity contribution in [3.63, 3.8) is 0 Å². The van der Waals surface area contributed by atoms with Gasteiger partial charge in [-0.05, 0) is 62.8 Å². The van der Waals surface area contributed by atoms with Crippen LogP contribution in [0.15, 0.2) is 24.3 Å². The molecule has 1 aromatic carbocycles. The minimum Gasteiger partial charge on any atom is -0.426 e. The van der Waals surface area contributed by atoms with Crippen LogP contribution in [0, 0.1) is 17.8 Å². The number of benzene rings is 1. The number of amides is 2. The molecule has 1 aliphatic heterocycles. The third kappa shape index (κ3) is 3.62. The molecule has 2 amide bonds. The van der Waals surface area contributed by atoms with Crippen molar-refractivity contribution in [3.05, 3.63) is 29.3 Å². The molecular weight excluding hydrogens is 366 g/mol.